The molecular formula is C31H34N4O2S. The summed E-state index contributed by atoms with van der Waals surface area (Å²) in [7, 11) is 2.07. The zero-order valence-corrected chi connectivity index (χ0v) is 22.5. The molecule has 0 aliphatic carbocycles. The molecule has 0 radical (unpaired) electrons. The Morgan fingerprint density at radius 1 is 0.895 bits per heavy atom. The van der Waals surface area contributed by atoms with E-state index in [1.807, 2.05) is 60.0 Å². The molecule has 4 N–H and O–H groups in total. The van der Waals surface area contributed by atoms with E-state index in [1.165, 1.54) is 5.56 Å². The van der Waals surface area contributed by atoms with Crippen LogP contribution in [0, 0.1) is 0 Å². The Labute approximate surface area is 228 Å². The van der Waals surface area contributed by atoms with Gasteiger partial charge in [0, 0.05) is 42.3 Å². The summed E-state index contributed by atoms with van der Waals surface area (Å²) in [6.07, 6.45) is 1.24. The molecule has 1 aromatic heterocycles. The summed E-state index contributed by atoms with van der Waals surface area (Å²) in [5.41, 5.74) is 11.1. The molecule has 196 valence electrons. The number of nitrogens with one attached hydrogen (secondary N) is 2. The second-order valence-corrected chi connectivity index (χ2v) is 10.4. The minimum atomic E-state index is -0.189. The summed E-state index contributed by atoms with van der Waals surface area (Å²) >= 11 is 1.56. The van der Waals surface area contributed by atoms with E-state index in [0.29, 0.717) is 37.3 Å². The predicted molar refractivity (Wildman–Crippen MR) is 155 cm³/mol. The van der Waals surface area contributed by atoms with Gasteiger partial charge in [0.15, 0.2) is 0 Å². The number of hydrogen-bond acceptors (Lipinski definition) is 5. The van der Waals surface area contributed by atoms with Gasteiger partial charge in [-0.1, -0.05) is 66.7 Å². The molecule has 6 nitrogen and oxygen atoms in total. The largest absolute Gasteiger partial charge is 0.348 e. The molecule has 0 fully saturated rings. The predicted octanol–water partition coefficient (Wildman–Crippen LogP) is 4.99. The van der Waals surface area contributed by atoms with Gasteiger partial charge >= 0.3 is 0 Å². The Morgan fingerprint density at radius 3 is 2.37 bits per heavy atom. The number of hydrogen-bond donors (Lipinski definition) is 3. The molecule has 0 spiro atoms. The number of anilines is 1. The van der Waals surface area contributed by atoms with Crippen molar-refractivity contribution in [1.29, 1.82) is 0 Å². The fourth-order valence-electron chi connectivity index (χ4n) is 4.15. The van der Waals surface area contributed by atoms with Crippen molar-refractivity contribution >= 4 is 28.8 Å². The number of thiophene rings is 1. The van der Waals surface area contributed by atoms with Crippen molar-refractivity contribution in [3.8, 4) is 0 Å². The van der Waals surface area contributed by atoms with Crippen LogP contribution >= 0.6 is 11.3 Å². The van der Waals surface area contributed by atoms with Crippen LogP contribution in [-0.4, -0.2) is 30.3 Å². The van der Waals surface area contributed by atoms with Crippen molar-refractivity contribution in [3.05, 3.63) is 123 Å². The van der Waals surface area contributed by atoms with Gasteiger partial charge in [-0.2, -0.15) is 0 Å². The highest BCUT2D eigenvalue weighted by Gasteiger charge is 2.14. The normalized spacial score (nSPS) is 10.9. The third kappa shape index (κ3) is 8.11. The lowest BCUT2D eigenvalue weighted by Gasteiger charge is -2.20. The maximum Gasteiger partial charge on any atom is 0.251 e. The van der Waals surface area contributed by atoms with Crippen LogP contribution in [-0.2, 0) is 37.3 Å². The van der Waals surface area contributed by atoms with Crippen molar-refractivity contribution in [3.63, 3.8) is 0 Å². The van der Waals surface area contributed by atoms with Crippen LogP contribution in [0.15, 0.2) is 90.3 Å². The van der Waals surface area contributed by atoms with Gasteiger partial charge in [0.25, 0.3) is 5.91 Å². The van der Waals surface area contributed by atoms with E-state index in [1.54, 1.807) is 17.4 Å². The quantitative estimate of drug-likeness (QED) is 0.243. The lowest BCUT2D eigenvalue weighted by Crippen LogP contribution is -2.25. The van der Waals surface area contributed by atoms with Gasteiger partial charge in [-0.15, -0.1) is 11.3 Å². The summed E-state index contributed by atoms with van der Waals surface area (Å²) < 4.78 is 0. The lowest BCUT2D eigenvalue weighted by molar-refractivity contribution is -0.115. The van der Waals surface area contributed by atoms with Gasteiger partial charge in [0.1, 0.15) is 0 Å². The number of rotatable bonds is 12. The van der Waals surface area contributed by atoms with Gasteiger partial charge in [0.05, 0.1) is 6.42 Å². The SMILES string of the molecule is CN(CCc1ccccc1)Cc1ccc(C(=O)NCc2ccc(CN)cc2)cc1NC(=O)Cc1cccs1. The van der Waals surface area contributed by atoms with Crippen molar-refractivity contribution in [2.45, 2.75) is 32.5 Å². The van der Waals surface area contributed by atoms with Crippen LogP contribution < -0.4 is 16.4 Å². The summed E-state index contributed by atoms with van der Waals surface area (Å²) in [6, 6.07) is 27.7. The van der Waals surface area contributed by atoms with Gasteiger partial charge in [0.2, 0.25) is 5.91 Å². The number of nitrogens with zero attached hydrogens (tertiary/aromatic N) is 1. The first-order chi connectivity index (χ1) is 18.5. The molecule has 0 aliphatic heterocycles. The van der Waals surface area contributed by atoms with Gasteiger partial charge in [-0.05, 0) is 59.3 Å². The van der Waals surface area contributed by atoms with Crippen molar-refractivity contribution in [2.75, 3.05) is 18.9 Å². The topological polar surface area (TPSA) is 87.5 Å². The molecule has 0 aliphatic rings. The van der Waals surface area contributed by atoms with Gasteiger partial charge in [-0.25, -0.2) is 0 Å². The van der Waals surface area contributed by atoms with Crippen LogP contribution in [0.5, 0.6) is 0 Å². The lowest BCUT2D eigenvalue weighted by atomic mass is 10.1. The standard InChI is InChI=1S/C31H34N4O2S/c1-35(16-15-23-6-3-2-4-7-23)22-27-14-13-26(18-29(27)34-30(36)19-28-8-5-17-38-28)31(37)33-21-25-11-9-24(20-32)10-12-25/h2-14,17-18H,15-16,19-22,32H2,1H3,(H,33,37)(H,34,36). The molecule has 1 heterocycles. The Balaban J connectivity index is 1.45. The zero-order chi connectivity index (χ0) is 26.7. The number of nitrogens with two attached hydrogens (primary N) is 1. The van der Waals surface area contributed by atoms with Crippen LogP contribution in [0.4, 0.5) is 5.69 Å². The van der Waals surface area contributed by atoms with E-state index in [4.69, 9.17) is 5.73 Å². The fourth-order valence-corrected chi connectivity index (χ4v) is 4.85. The molecule has 3 aromatic carbocycles. The molecule has 2 amide bonds. The zero-order valence-electron chi connectivity index (χ0n) is 21.7. The molecule has 0 saturated carbocycles. The van der Waals surface area contributed by atoms with Crippen LogP contribution in [0.2, 0.25) is 0 Å². The summed E-state index contributed by atoms with van der Waals surface area (Å²) in [4.78, 5) is 29.0. The van der Waals surface area contributed by atoms with E-state index in [0.717, 1.165) is 34.5 Å². The Hall–Kier alpha value is -3.78. The molecule has 38 heavy (non-hydrogen) atoms. The Morgan fingerprint density at radius 2 is 1.66 bits per heavy atom. The van der Waals surface area contributed by atoms with Crippen molar-refractivity contribution < 1.29 is 9.59 Å². The minimum Gasteiger partial charge on any atom is -0.348 e. The molecule has 4 aromatic rings. The van der Waals surface area contributed by atoms with Crippen LogP contribution in [0.3, 0.4) is 0 Å². The monoisotopic (exact) mass is 526 g/mol. The van der Waals surface area contributed by atoms with E-state index >= 15 is 0 Å². The first-order valence-corrected chi connectivity index (χ1v) is 13.6. The summed E-state index contributed by atoms with van der Waals surface area (Å²) in [5, 5.41) is 8.00. The molecular weight excluding hydrogens is 492 g/mol. The Bertz CT molecular complexity index is 1320. The number of benzene rings is 3. The fraction of sp³-hybridized carbons (Fsp3) is 0.226. The summed E-state index contributed by atoms with van der Waals surface area (Å²) in [5.74, 6) is -0.288. The third-order valence-corrected chi connectivity index (χ3v) is 7.21. The molecule has 0 atom stereocenters. The summed E-state index contributed by atoms with van der Waals surface area (Å²) in [6.45, 7) is 2.42. The van der Waals surface area contributed by atoms with E-state index < -0.39 is 0 Å². The molecule has 7 heteroatoms. The highest BCUT2D eigenvalue weighted by atomic mass is 32.1. The molecule has 4 rings (SSSR count). The van der Waals surface area contributed by atoms with E-state index in [-0.39, 0.29) is 11.8 Å². The van der Waals surface area contributed by atoms with Crippen molar-refractivity contribution in [1.82, 2.24) is 10.2 Å². The van der Waals surface area contributed by atoms with Crippen LogP contribution in [0.1, 0.15) is 37.5 Å². The number of amides is 2. The maximum absolute atomic E-state index is 13.0. The van der Waals surface area contributed by atoms with E-state index in [2.05, 4.69) is 46.8 Å². The highest BCUT2D eigenvalue weighted by Crippen LogP contribution is 2.21. The second kappa shape index (κ2) is 13.7. The number of carbonyl (C=O) groups is 2. The third-order valence-electron chi connectivity index (χ3n) is 6.34. The average molecular weight is 527 g/mol. The number of carbonyl (C=O) groups excluding carboxylic acids is 2. The van der Waals surface area contributed by atoms with Gasteiger partial charge < -0.3 is 21.3 Å². The first-order valence-electron chi connectivity index (χ1n) is 12.7. The van der Waals surface area contributed by atoms with Gasteiger partial charge in [-0.3, -0.25) is 9.59 Å². The first kappa shape index (κ1) is 27.3. The van der Waals surface area contributed by atoms with E-state index in [9.17, 15) is 9.59 Å². The maximum atomic E-state index is 13.0. The van der Waals surface area contributed by atoms with Crippen molar-refractivity contribution in [2.24, 2.45) is 5.73 Å². The molecule has 0 saturated heterocycles. The molecule has 0 bridgehead atoms. The second-order valence-electron chi connectivity index (χ2n) is 9.35. The highest BCUT2D eigenvalue weighted by molar-refractivity contribution is 7.10. The Kier molecular flexibility index (Phi) is 9.81. The van der Waals surface area contributed by atoms with Crippen LogP contribution in [0.25, 0.3) is 0 Å². The molecule has 0 unspecified atom stereocenters. The average Bonchev–Trinajstić information content (AvgIpc) is 3.45. The number of likely N-dealkylation sites (N-methyl/N-ethyl adjacent to an activating group) is 1. The minimum absolute atomic E-state index is 0.0989. The smallest absolute Gasteiger partial charge is 0.251 e.